The van der Waals surface area contributed by atoms with Crippen molar-refractivity contribution in [2.75, 3.05) is 0 Å². The first-order valence-corrected chi connectivity index (χ1v) is 22.3. The zero-order valence-electron chi connectivity index (χ0n) is 36.4. The number of nitrogens with zero attached hydrogens (tertiary/aromatic N) is 3. The van der Waals surface area contributed by atoms with Gasteiger partial charge in [0.15, 0.2) is 23.3 Å². The second-order valence-corrected chi connectivity index (χ2v) is 17.0. The fourth-order valence-electron chi connectivity index (χ4n) is 9.91. The highest BCUT2D eigenvalue weighted by Crippen LogP contribution is 2.47. The average Bonchev–Trinajstić information content (AvgIpc) is 3.91. The highest BCUT2D eigenvalue weighted by Gasteiger charge is 2.33. The van der Waals surface area contributed by atoms with Crippen molar-refractivity contribution in [2.45, 2.75) is 0 Å². The van der Waals surface area contributed by atoms with E-state index < -0.39 is 34.6 Å². The molecule has 0 aliphatic heterocycles. The predicted octanol–water partition coefficient (Wildman–Crippen LogP) is 16.8. The van der Waals surface area contributed by atoms with Crippen molar-refractivity contribution in [1.82, 2.24) is 9.13 Å². The van der Waals surface area contributed by atoms with Gasteiger partial charge in [-0.2, -0.15) is 5.26 Å². The number of halogens is 5. The molecule has 10 aromatic carbocycles. The molecule has 0 unspecified atom stereocenters. The van der Waals surface area contributed by atoms with Crippen LogP contribution in [0.1, 0.15) is 5.56 Å². The number of benzene rings is 10. The van der Waals surface area contributed by atoms with Crippen LogP contribution in [0.4, 0.5) is 22.0 Å². The van der Waals surface area contributed by atoms with E-state index in [0.717, 1.165) is 66.1 Å². The molecule has 0 saturated carbocycles. The zero-order valence-corrected chi connectivity index (χ0v) is 36.4. The molecule has 12 rings (SSSR count). The number of hydrogen-bond acceptors (Lipinski definition) is 1. The van der Waals surface area contributed by atoms with Gasteiger partial charge in [-0.05, 0) is 80.9 Å². The SMILES string of the molecule is N#Cc1cc(-n2c3cc(-c4ccccc4)ccc3c3ccc(-c4ccccc4)cc32)c(-c2c(F)c(F)c(F)c(F)c2F)c(-n2c3cc(-c4ccccc4)ccc3c3ccc(-c4ccccc4)cc32)c1. The van der Waals surface area contributed by atoms with Crippen LogP contribution >= 0.6 is 0 Å². The second kappa shape index (κ2) is 16.4. The quantitative estimate of drug-likeness (QED) is 0.0891. The van der Waals surface area contributed by atoms with Crippen LogP contribution in [0, 0.1) is 40.4 Å². The maximum Gasteiger partial charge on any atom is 0.200 e. The van der Waals surface area contributed by atoms with Crippen molar-refractivity contribution in [1.29, 1.82) is 5.26 Å². The van der Waals surface area contributed by atoms with Crippen molar-refractivity contribution >= 4 is 43.6 Å². The van der Waals surface area contributed by atoms with E-state index in [9.17, 15) is 5.26 Å². The first-order chi connectivity index (χ1) is 33.8. The summed E-state index contributed by atoms with van der Waals surface area (Å²) in [5.74, 6) is -10.5. The number of fused-ring (bicyclic) bond motifs is 6. The predicted molar refractivity (Wildman–Crippen MR) is 267 cm³/mol. The van der Waals surface area contributed by atoms with Crippen LogP contribution in [-0.4, -0.2) is 9.13 Å². The highest BCUT2D eigenvalue weighted by atomic mass is 19.2. The monoisotopic (exact) mass is 903 g/mol. The first kappa shape index (κ1) is 41.4. The van der Waals surface area contributed by atoms with Crippen LogP contribution in [0.25, 0.3) is 111 Å². The lowest BCUT2D eigenvalue weighted by Crippen LogP contribution is -2.10. The summed E-state index contributed by atoms with van der Waals surface area (Å²) in [5.41, 5.74) is 7.78. The van der Waals surface area contributed by atoms with Crippen LogP contribution in [0.3, 0.4) is 0 Å². The molecule has 0 atom stereocenters. The van der Waals surface area contributed by atoms with Crippen LogP contribution in [0.15, 0.2) is 206 Å². The van der Waals surface area contributed by atoms with E-state index >= 15 is 22.0 Å². The lowest BCUT2D eigenvalue weighted by atomic mass is 9.96. The van der Waals surface area contributed by atoms with Crippen molar-refractivity contribution in [3.63, 3.8) is 0 Å². The molecule has 12 aromatic rings. The zero-order chi connectivity index (χ0) is 46.9. The van der Waals surface area contributed by atoms with Gasteiger partial charge in [0.05, 0.1) is 50.6 Å². The van der Waals surface area contributed by atoms with Gasteiger partial charge in [-0.15, -0.1) is 0 Å². The summed E-state index contributed by atoms with van der Waals surface area (Å²) >= 11 is 0. The minimum absolute atomic E-state index is 0.0242. The van der Waals surface area contributed by atoms with Crippen LogP contribution in [0.5, 0.6) is 0 Å². The molecule has 8 heteroatoms. The third-order valence-electron chi connectivity index (χ3n) is 13.1. The van der Waals surface area contributed by atoms with Gasteiger partial charge in [0.2, 0.25) is 5.82 Å². The Hall–Kier alpha value is -9.06. The topological polar surface area (TPSA) is 33.6 Å². The Balaban J connectivity index is 1.29. The van der Waals surface area contributed by atoms with Gasteiger partial charge < -0.3 is 9.13 Å². The van der Waals surface area contributed by atoms with E-state index in [1.807, 2.05) is 194 Å². The summed E-state index contributed by atoms with van der Waals surface area (Å²) in [6.45, 7) is 0. The maximum absolute atomic E-state index is 17.1. The molecular weight excluding hydrogens is 870 g/mol. The van der Waals surface area contributed by atoms with Crippen LogP contribution in [-0.2, 0) is 0 Å². The molecule has 0 aliphatic carbocycles. The van der Waals surface area contributed by atoms with Crippen molar-refractivity contribution < 1.29 is 22.0 Å². The van der Waals surface area contributed by atoms with Gasteiger partial charge in [0.1, 0.15) is 0 Å². The van der Waals surface area contributed by atoms with Gasteiger partial charge in [-0.3, -0.25) is 0 Å². The van der Waals surface area contributed by atoms with E-state index in [2.05, 4.69) is 6.07 Å². The Bertz CT molecular complexity index is 3620. The Morgan fingerprint density at radius 1 is 0.290 bits per heavy atom. The Morgan fingerprint density at radius 2 is 0.565 bits per heavy atom. The Morgan fingerprint density at radius 3 is 0.841 bits per heavy atom. The van der Waals surface area contributed by atoms with Crippen LogP contribution in [0.2, 0.25) is 0 Å². The van der Waals surface area contributed by atoms with E-state index in [4.69, 9.17) is 0 Å². The van der Waals surface area contributed by atoms with Gasteiger partial charge in [-0.25, -0.2) is 22.0 Å². The minimum atomic E-state index is -2.28. The molecule has 3 nitrogen and oxygen atoms in total. The maximum atomic E-state index is 17.1. The number of nitriles is 1. The largest absolute Gasteiger partial charge is 0.308 e. The number of aromatic nitrogens is 2. The molecule has 0 radical (unpaired) electrons. The highest BCUT2D eigenvalue weighted by molar-refractivity contribution is 6.14. The second-order valence-electron chi connectivity index (χ2n) is 17.0. The van der Waals surface area contributed by atoms with Crippen LogP contribution < -0.4 is 0 Å². The molecule has 0 amide bonds. The van der Waals surface area contributed by atoms with Crippen molar-refractivity contribution in [2.24, 2.45) is 0 Å². The molecular formula is C61H34F5N3. The van der Waals surface area contributed by atoms with Crippen molar-refractivity contribution in [3.8, 4) is 73.1 Å². The molecule has 0 bridgehead atoms. The smallest absolute Gasteiger partial charge is 0.200 e. The third-order valence-corrected chi connectivity index (χ3v) is 13.1. The molecule has 0 fully saturated rings. The molecule has 0 saturated heterocycles. The summed E-state index contributed by atoms with van der Waals surface area (Å²) in [6, 6.07) is 67.6. The lowest BCUT2D eigenvalue weighted by Gasteiger charge is -2.22. The number of hydrogen-bond donors (Lipinski definition) is 0. The number of rotatable bonds is 7. The van der Waals surface area contributed by atoms with Gasteiger partial charge in [-0.1, -0.05) is 170 Å². The van der Waals surface area contributed by atoms with Gasteiger partial charge >= 0.3 is 0 Å². The molecule has 0 spiro atoms. The molecule has 0 aliphatic rings. The van der Waals surface area contributed by atoms with E-state index in [0.29, 0.717) is 22.1 Å². The van der Waals surface area contributed by atoms with E-state index in [-0.39, 0.29) is 22.5 Å². The van der Waals surface area contributed by atoms with E-state index in [1.165, 1.54) is 12.1 Å². The Kier molecular flexibility index (Phi) is 9.82. The third kappa shape index (κ3) is 6.70. The summed E-state index contributed by atoms with van der Waals surface area (Å²) < 4.78 is 84.9. The fourth-order valence-corrected chi connectivity index (χ4v) is 9.91. The van der Waals surface area contributed by atoms with E-state index in [1.54, 1.807) is 9.13 Å². The first-order valence-electron chi connectivity index (χ1n) is 22.3. The van der Waals surface area contributed by atoms with Gasteiger partial charge in [0.25, 0.3) is 0 Å². The Labute approximate surface area is 392 Å². The molecule has 69 heavy (non-hydrogen) atoms. The normalized spacial score (nSPS) is 11.5. The summed E-state index contributed by atoms with van der Waals surface area (Å²) in [7, 11) is 0. The molecule has 2 heterocycles. The average molecular weight is 904 g/mol. The summed E-state index contributed by atoms with van der Waals surface area (Å²) in [5, 5.41) is 14.0. The van der Waals surface area contributed by atoms with Crippen molar-refractivity contribution in [3.05, 3.63) is 241 Å². The summed E-state index contributed by atoms with van der Waals surface area (Å²) in [6.07, 6.45) is 0. The lowest BCUT2D eigenvalue weighted by molar-refractivity contribution is 0.381. The molecule has 328 valence electrons. The molecule has 0 N–H and O–H groups in total. The standard InChI is InChI=1S/C61H34F5N3/c62-57-56(58(63)60(65)61(66)59(57)64)55-53(68-49-31-41(37-13-5-1-6-14-37)21-25-45(49)46-26-22-42(32-50(46)68)38-15-7-2-8-16-38)29-36(35-67)30-54(55)69-51-33-43(39-17-9-3-10-18-39)23-27-47(51)48-28-24-44(34-52(48)69)40-19-11-4-12-20-40/h1-34H. The summed E-state index contributed by atoms with van der Waals surface area (Å²) in [4.78, 5) is 0. The molecule has 2 aromatic heterocycles. The van der Waals surface area contributed by atoms with Gasteiger partial charge in [0, 0.05) is 27.1 Å². The fraction of sp³-hybridized carbons (Fsp3) is 0. The minimum Gasteiger partial charge on any atom is -0.308 e.